The van der Waals surface area contributed by atoms with Crippen molar-refractivity contribution in [3.8, 4) is 5.75 Å². The molecule has 0 aliphatic heterocycles. The Labute approximate surface area is 155 Å². The predicted molar refractivity (Wildman–Crippen MR) is 98.3 cm³/mol. The number of anilines is 1. The summed E-state index contributed by atoms with van der Waals surface area (Å²) in [6.07, 6.45) is 0. The number of alkyl halides is 2. The van der Waals surface area contributed by atoms with Crippen LogP contribution >= 0.6 is 0 Å². The first-order valence-corrected chi connectivity index (χ1v) is 8.38. The minimum absolute atomic E-state index is 0.0640. The molecule has 0 spiro atoms. The predicted octanol–water partition coefficient (Wildman–Crippen LogP) is 4.40. The molecule has 3 aromatic rings. The number of hydrogen-bond acceptors (Lipinski definition) is 3. The largest absolute Gasteiger partial charge is 0.435 e. The van der Waals surface area contributed by atoms with E-state index in [2.05, 4.69) is 15.2 Å². The molecule has 0 atom stereocenters. The van der Waals surface area contributed by atoms with Gasteiger partial charge >= 0.3 is 6.61 Å². The van der Waals surface area contributed by atoms with E-state index in [9.17, 15) is 13.6 Å². The molecule has 0 aliphatic carbocycles. The number of rotatable bonds is 6. The summed E-state index contributed by atoms with van der Waals surface area (Å²) in [6.45, 7) is 1.32. The summed E-state index contributed by atoms with van der Waals surface area (Å²) < 4.78 is 30.9. The van der Waals surface area contributed by atoms with Crippen LogP contribution in [0.25, 0.3) is 0 Å². The van der Waals surface area contributed by atoms with Crippen LogP contribution < -0.4 is 10.1 Å². The highest BCUT2D eigenvalue weighted by atomic mass is 19.3. The summed E-state index contributed by atoms with van der Waals surface area (Å²) in [5, 5.41) is 7.30. The molecule has 1 N–H and O–H groups in total. The van der Waals surface area contributed by atoms with Crippen molar-refractivity contribution in [3.63, 3.8) is 0 Å². The quantitative estimate of drug-likeness (QED) is 0.699. The number of nitrogens with zero attached hydrogens (tertiary/aromatic N) is 2. The first kappa shape index (κ1) is 18.6. The Kier molecular flexibility index (Phi) is 5.49. The Balaban J connectivity index is 1.78. The average molecular weight is 371 g/mol. The standard InChI is InChI=1S/C20H19F2N3O2/c1-13-18(14(2)25(24-13)12-15-7-4-3-5-8-15)23-19(26)16-9-6-10-17(11-16)27-20(21)22/h3-11,20H,12H2,1-2H3,(H,23,26). The van der Waals surface area contributed by atoms with Crippen LogP contribution in [0.3, 0.4) is 0 Å². The van der Waals surface area contributed by atoms with E-state index < -0.39 is 12.5 Å². The molecule has 0 bridgehead atoms. The molecule has 1 amide bonds. The third-order valence-corrected chi connectivity index (χ3v) is 4.12. The smallest absolute Gasteiger partial charge is 0.387 e. The maximum atomic E-state index is 12.5. The SMILES string of the molecule is Cc1nn(Cc2ccccc2)c(C)c1NC(=O)c1cccc(OC(F)F)c1. The lowest BCUT2D eigenvalue weighted by Gasteiger charge is -2.09. The van der Waals surface area contributed by atoms with Crippen LogP contribution in [0.5, 0.6) is 5.75 Å². The van der Waals surface area contributed by atoms with Crippen LogP contribution in [0.4, 0.5) is 14.5 Å². The van der Waals surface area contributed by atoms with Gasteiger partial charge in [0.15, 0.2) is 0 Å². The molecule has 0 saturated carbocycles. The van der Waals surface area contributed by atoms with E-state index in [4.69, 9.17) is 0 Å². The van der Waals surface area contributed by atoms with Crippen LogP contribution in [0, 0.1) is 13.8 Å². The third-order valence-electron chi connectivity index (χ3n) is 4.12. The summed E-state index contributed by atoms with van der Waals surface area (Å²) in [4.78, 5) is 12.5. The van der Waals surface area contributed by atoms with E-state index in [0.29, 0.717) is 17.9 Å². The zero-order valence-electron chi connectivity index (χ0n) is 14.9. The summed E-state index contributed by atoms with van der Waals surface area (Å²) in [6, 6.07) is 15.5. The molecular weight excluding hydrogens is 352 g/mol. The van der Waals surface area contributed by atoms with Gasteiger partial charge in [0, 0.05) is 5.56 Å². The highest BCUT2D eigenvalue weighted by Crippen LogP contribution is 2.22. The van der Waals surface area contributed by atoms with Crippen LogP contribution in [-0.2, 0) is 6.54 Å². The number of hydrogen-bond donors (Lipinski definition) is 1. The molecule has 1 heterocycles. The second kappa shape index (κ2) is 7.99. The lowest BCUT2D eigenvalue weighted by Crippen LogP contribution is -2.14. The molecule has 7 heteroatoms. The molecule has 1 aromatic heterocycles. The maximum absolute atomic E-state index is 12.5. The fourth-order valence-electron chi connectivity index (χ4n) is 2.79. The molecular formula is C20H19F2N3O2. The van der Waals surface area contributed by atoms with Gasteiger partial charge in [0.25, 0.3) is 5.91 Å². The van der Waals surface area contributed by atoms with Crippen molar-refractivity contribution in [2.45, 2.75) is 27.0 Å². The van der Waals surface area contributed by atoms with Gasteiger partial charge in [-0.1, -0.05) is 36.4 Å². The molecule has 5 nitrogen and oxygen atoms in total. The minimum atomic E-state index is -2.94. The van der Waals surface area contributed by atoms with Crippen LogP contribution in [0.1, 0.15) is 27.3 Å². The fourth-order valence-corrected chi connectivity index (χ4v) is 2.79. The number of halogens is 2. The average Bonchev–Trinajstić information content (AvgIpc) is 2.89. The second-order valence-electron chi connectivity index (χ2n) is 6.05. The van der Waals surface area contributed by atoms with Gasteiger partial charge in [-0.3, -0.25) is 9.48 Å². The number of aromatic nitrogens is 2. The highest BCUT2D eigenvalue weighted by Gasteiger charge is 2.16. The normalized spacial score (nSPS) is 10.9. The van der Waals surface area contributed by atoms with Crippen molar-refractivity contribution >= 4 is 11.6 Å². The number of ether oxygens (including phenoxy) is 1. The lowest BCUT2D eigenvalue weighted by atomic mass is 10.2. The Morgan fingerprint density at radius 1 is 1.15 bits per heavy atom. The van der Waals surface area contributed by atoms with Crippen molar-refractivity contribution in [2.24, 2.45) is 0 Å². The van der Waals surface area contributed by atoms with Gasteiger partial charge in [0.05, 0.1) is 23.6 Å². The van der Waals surface area contributed by atoms with Crippen molar-refractivity contribution in [2.75, 3.05) is 5.32 Å². The van der Waals surface area contributed by atoms with E-state index in [-0.39, 0.29) is 11.3 Å². The number of amides is 1. The number of nitrogens with one attached hydrogen (secondary N) is 1. The molecule has 0 unspecified atom stereocenters. The Morgan fingerprint density at radius 3 is 2.59 bits per heavy atom. The summed E-state index contributed by atoms with van der Waals surface area (Å²) in [5.41, 5.74) is 3.41. The molecule has 0 radical (unpaired) electrons. The number of carbonyl (C=O) groups excluding carboxylic acids is 1. The first-order chi connectivity index (χ1) is 12.9. The molecule has 0 saturated heterocycles. The lowest BCUT2D eigenvalue weighted by molar-refractivity contribution is -0.0498. The molecule has 0 fully saturated rings. The van der Waals surface area contributed by atoms with Crippen LogP contribution in [0.15, 0.2) is 54.6 Å². The second-order valence-corrected chi connectivity index (χ2v) is 6.05. The van der Waals surface area contributed by atoms with Crippen molar-refractivity contribution in [3.05, 3.63) is 77.1 Å². The monoisotopic (exact) mass is 371 g/mol. The molecule has 3 rings (SSSR count). The van der Waals surface area contributed by atoms with Crippen molar-refractivity contribution in [1.29, 1.82) is 0 Å². The van der Waals surface area contributed by atoms with E-state index in [1.54, 1.807) is 6.92 Å². The van der Waals surface area contributed by atoms with Gasteiger partial charge in [-0.2, -0.15) is 13.9 Å². The molecule has 140 valence electrons. The Morgan fingerprint density at radius 2 is 1.89 bits per heavy atom. The molecule has 0 aliphatic rings. The first-order valence-electron chi connectivity index (χ1n) is 8.38. The van der Waals surface area contributed by atoms with E-state index in [1.165, 1.54) is 24.3 Å². The maximum Gasteiger partial charge on any atom is 0.387 e. The number of aryl methyl sites for hydroxylation is 1. The number of benzene rings is 2. The summed E-state index contributed by atoms with van der Waals surface area (Å²) in [5.74, 6) is -0.481. The van der Waals surface area contributed by atoms with Crippen LogP contribution in [-0.4, -0.2) is 22.3 Å². The Bertz CT molecular complexity index is 940. The van der Waals surface area contributed by atoms with Gasteiger partial charge in [0.2, 0.25) is 0 Å². The Hall–Kier alpha value is -3.22. The topological polar surface area (TPSA) is 56.2 Å². The zero-order chi connectivity index (χ0) is 19.4. The molecule has 27 heavy (non-hydrogen) atoms. The van der Waals surface area contributed by atoms with Gasteiger partial charge in [-0.15, -0.1) is 0 Å². The fraction of sp³-hybridized carbons (Fsp3) is 0.200. The van der Waals surface area contributed by atoms with Crippen molar-refractivity contribution in [1.82, 2.24) is 9.78 Å². The molecule has 2 aromatic carbocycles. The van der Waals surface area contributed by atoms with Crippen LogP contribution in [0.2, 0.25) is 0 Å². The van der Waals surface area contributed by atoms with Gasteiger partial charge in [-0.25, -0.2) is 0 Å². The zero-order valence-corrected chi connectivity index (χ0v) is 14.9. The number of carbonyl (C=O) groups is 1. The minimum Gasteiger partial charge on any atom is -0.435 e. The van der Waals surface area contributed by atoms with E-state index >= 15 is 0 Å². The van der Waals surface area contributed by atoms with E-state index in [0.717, 1.165) is 11.3 Å². The highest BCUT2D eigenvalue weighted by molar-refractivity contribution is 6.05. The van der Waals surface area contributed by atoms with Gasteiger partial charge in [-0.05, 0) is 37.6 Å². The van der Waals surface area contributed by atoms with E-state index in [1.807, 2.05) is 41.9 Å². The van der Waals surface area contributed by atoms with Crippen molar-refractivity contribution < 1.29 is 18.3 Å². The third kappa shape index (κ3) is 4.49. The summed E-state index contributed by atoms with van der Waals surface area (Å²) >= 11 is 0. The van der Waals surface area contributed by atoms with Gasteiger partial charge < -0.3 is 10.1 Å². The summed E-state index contributed by atoms with van der Waals surface area (Å²) in [7, 11) is 0. The van der Waals surface area contributed by atoms with Gasteiger partial charge in [0.1, 0.15) is 5.75 Å².